The van der Waals surface area contributed by atoms with Crippen LogP contribution >= 0.6 is 0 Å². The SMILES string of the molecule is Cc1coc2c1[C@@H](O)[C@]1(C)[C@@H](C)CC[C@H]3O[C@]31C2=O. The molecule has 4 nitrogen and oxygen atoms in total. The van der Waals surface area contributed by atoms with Crippen molar-refractivity contribution in [1.82, 2.24) is 0 Å². The van der Waals surface area contributed by atoms with Crippen LogP contribution in [0.1, 0.15) is 54.5 Å². The van der Waals surface area contributed by atoms with Gasteiger partial charge in [0.15, 0.2) is 11.4 Å². The highest BCUT2D eigenvalue weighted by Gasteiger charge is 2.79. The summed E-state index contributed by atoms with van der Waals surface area (Å²) in [5.74, 6) is 0.478. The van der Waals surface area contributed by atoms with E-state index >= 15 is 0 Å². The number of aliphatic hydroxyl groups is 1. The number of carbonyl (C=O) groups excluding carboxylic acids is 1. The summed E-state index contributed by atoms with van der Waals surface area (Å²) in [4.78, 5) is 12.8. The van der Waals surface area contributed by atoms with Gasteiger partial charge in [-0.3, -0.25) is 4.79 Å². The molecule has 5 atom stereocenters. The molecule has 1 N–H and O–H groups in total. The molecule has 0 bridgehead atoms. The number of carbonyl (C=O) groups is 1. The quantitative estimate of drug-likeness (QED) is 0.729. The van der Waals surface area contributed by atoms with E-state index in [2.05, 4.69) is 6.92 Å². The molecule has 4 heteroatoms. The second-order valence-electron chi connectivity index (χ2n) is 6.50. The van der Waals surface area contributed by atoms with E-state index in [0.29, 0.717) is 11.3 Å². The topological polar surface area (TPSA) is 63.0 Å². The summed E-state index contributed by atoms with van der Waals surface area (Å²) < 4.78 is 11.2. The van der Waals surface area contributed by atoms with Crippen LogP contribution in [-0.2, 0) is 4.74 Å². The molecule has 1 spiro atoms. The van der Waals surface area contributed by atoms with Crippen molar-refractivity contribution in [1.29, 1.82) is 0 Å². The fourth-order valence-electron chi connectivity index (χ4n) is 4.35. The van der Waals surface area contributed by atoms with E-state index in [-0.39, 0.29) is 17.8 Å². The summed E-state index contributed by atoms with van der Waals surface area (Å²) in [7, 11) is 0. The molecular formula is C15H18O4. The smallest absolute Gasteiger partial charge is 0.233 e. The maximum Gasteiger partial charge on any atom is 0.233 e. The Hall–Kier alpha value is -1.13. The lowest BCUT2D eigenvalue weighted by molar-refractivity contribution is -0.0676. The van der Waals surface area contributed by atoms with Gasteiger partial charge in [0.25, 0.3) is 0 Å². The summed E-state index contributed by atoms with van der Waals surface area (Å²) in [5.41, 5.74) is 0.124. The summed E-state index contributed by atoms with van der Waals surface area (Å²) in [6, 6.07) is 0. The highest BCUT2D eigenvalue weighted by Crippen LogP contribution is 2.68. The van der Waals surface area contributed by atoms with E-state index in [1.165, 1.54) is 0 Å². The van der Waals surface area contributed by atoms with E-state index in [0.717, 1.165) is 18.4 Å². The van der Waals surface area contributed by atoms with Gasteiger partial charge in [-0.15, -0.1) is 0 Å². The summed E-state index contributed by atoms with van der Waals surface area (Å²) in [6.45, 7) is 5.98. The fourth-order valence-corrected chi connectivity index (χ4v) is 4.35. The Balaban J connectivity index is 1.99. The third kappa shape index (κ3) is 1.01. The van der Waals surface area contributed by atoms with Gasteiger partial charge in [0.1, 0.15) is 0 Å². The number of epoxide rings is 1. The van der Waals surface area contributed by atoms with Gasteiger partial charge in [-0.2, -0.15) is 0 Å². The molecule has 2 heterocycles. The first-order valence-corrected chi connectivity index (χ1v) is 6.93. The minimum Gasteiger partial charge on any atom is -0.460 e. The lowest BCUT2D eigenvalue weighted by atomic mass is 9.53. The zero-order valence-corrected chi connectivity index (χ0v) is 11.4. The maximum atomic E-state index is 12.8. The van der Waals surface area contributed by atoms with E-state index in [1.807, 2.05) is 13.8 Å². The average Bonchev–Trinajstić information content (AvgIpc) is 3.01. The Morgan fingerprint density at radius 1 is 1.42 bits per heavy atom. The number of ether oxygens (including phenoxy) is 1. The van der Waals surface area contributed by atoms with E-state index in [4.69, 9.17) is 9.15 Å². The van der Waals surface area contributed by atoms with Crippen molar-refractivity contribution in [3.63, 3.8) is 0 Å². The van der Waals surface area contributed by atoms with Crippen molar-refractivity contribution >= 4 is 5.78 Å². The third-order valence-electron chi connectivity index (χ3n) is 5.82. The van der Waals surface area contributed by atoms with Crippen molar-refractivity contribution in [3.8, 4) is 0 Å². The molecule has 1 aromatic heterocycles. The van der Waals surface area contributed by atoms with Gasteiger partial charge in [-0.05, 0) is 31.2 Å². The molecule has 0 radical (unpaired) electrons. The number of hydrogen-bond acceptors (Lipinski definition) is 4. The number of aliphatic hydroxyl groups excluding tert-OH is 1. The first-order chi connectivity index (χ1) is 8.94. The van der Waals surface area contributed by atoms with Crippen molar-refractivity contribution in [3.05, 3.63) is 23.2 Å². The molecule has 3 aliphatic rings. The van der Waals surface area contributed by atoms with Crippen molar-refractivity contribution in [2.45, 2.75) is 51.4 Å². The fraction of sp³-hybridized carbons (Fsp3) is 0.667. The second kappa shape index (κ2) is 3.13. The molecule has 1 saturated heterocycles. The van der Waals surface area contributed by atoms with Crippen LogP contribution in [0.4, 0.5) is 0 Å². The number of Topliss-reactive ketones (excluding diaryl/α,β-unsaturated/α-hetero) is 1. The summed E-state index contributed by atoms with van der Waals surface area (Å²) in [6.07, 6.45) is 2.70. The second-order valence-corrected chi connectivity index (χ2v) is 6.50. The minimum absolute atomic E-state index is 0.0468. The normalized spacial score (nSPS) is 47.4. The minimum atomic E-state index is -0.846. The Labute approximate surface area is 111 Å². The molecular weight excluding hydrogens is 244 g/mol. The van der Waals surface area contributed by atoms with Gasteiger partial charge in [-0.1, -0.05) is 13.8 Å². The monoisotopic (exact) mass is 262 g/mol. The van der Waals surface area contributed by atoms with Gasteiger partial charge < -0.3 is 14.3 Å². The van der Waals surface area contributed by atoms with Crippen molar-refractivity contribution < 1.29 is 19.1 Å². The highest BCUT2D eigenvalue weighted by molar-refractivity contribution is 6.06. The van der Waals surface area contributed by atoms with Gasteiger partial charge in [0.05, 0.1) is 18.5 Å². The highest BCUT2D eigenvalue weighted by atomic mass is 16.6. The van der Waals surface area contributed by atoms with Crippen LogP contribution in [-0.4, -0.2) is 22.6 Å². The Bertz CT molecular complexity index is 589. The lowest BCUT2D eigenvalue weighted by Gasteiger charge is -2.48. The molecule has 1 aromatic rings. The predicted octanol–water partition coefficient (Wildman–Crippen LogP) is 2.39. The molecule has 4 rings (SSSR count). The van der Waals surface area contributed by atoms with Crippen molar-refractivity contribution in [2.75, 3.05) is 0 Å². The average molecular weight is 262 g/mol. The van der Waals surface area contributed by atoms with Crippen LogP contribution < -0.4 is 0 Å². The number of fused-ring (bicyclic) bond motifs is 1. The summed E-state index contributed by atoms with van der Waals surface area (Å²) in [5, 5.41) is 10.9. The van der Waals surface area contributed by atoms with Gasteiger partial charge >= 0.3 is 0 Å². The third-order valence-corrected chi connectivity index (χ3v) is 5.82. The van der Waals surface area contributed by atoms with E-state index in [9.17, 15) is 9.90 Å². The predicted molar refractivity (Wildman–Crippen MR) is 66.8 cm³/mol. The number of aryl methyl sites for hydroxylation is 1. The first kappa shape index (κ1) is 11.7. The molecule has 1 aliphatic heterocycles. The first-order valence-electron chi connectivity index (χ1n) is 6.93. The van der Waals surface area contributed by atoms with Crippen molar-refractivity contribution in [2.24, 2.45) is 11.3 Å². The Morgan fingerprint density at radius 3 is 2.89 bits per heavy atom. The molecule has 102 valence electrons. The van der Waals surface area contributed by atoms with Gasteiger partial charge in [-0.25, -0.2) is 0 Å². The van der Waals surface area contributed by atoms with E-state index in [1.54, 1.807) is 6.26 Å². The largest absolute Gasteiger partial charge is 0.460 e. The molecule has 0 aromatic carbocycles. The van der Waals surface area contributed by atoms with Crippen LogP contribution in [0.25, 0.3) is 0 Å². The zero-order chi connectivity index (χ0) is 13.6. The zero-order valence-electron chi connectivity index (χ0n) is 11.4. The standard InChI is InChI=1S/C15H18O4/c1-7-6-18-11-10(7)12(16)14(3)8(2)4-5-9-15(14,19-9)13(11)17/h6,8-9,12,16H,4-5H2,1-3H3/t8-,9+,12+,14-,15-/m0/s1. The molecule has 0 unspecified atom stereocenters. The summed E-state index contributed by atoms with van der Waals surface area (Å²) >= 11 is 0. The Morgan fingerprint density at radius 2 is 2.16 bits per heavy atom. The van der Waals surface area contributed by atoms with Crippen LogP contribution in [0.15, 0.2) is 10.7 Å². The van der Waals surface area contributed by atoms with Crippen LogP contribution in [0.5, 0.6) is 0 Å². The number of furan rings is 1. The lowest BCUT2D eigenvalue weighted by Crippen LogP contribution is -2.57. The van der Waals surface area contributed by atoms with E-state index < -0.39 is 17.1 Å². The maximum absolute atomic E-state index is 12.8. The van der Waals surface area contributed by atoms with Crippen LogP contribution in [0, 0.1) is 18.3 Å². The van der Waals surface area contributed by atoms with Gasteiger partial charge in [0, 0.05) is 11.0 Å². The molecule has 2 fully saturated rings. The van der Waals surface area contributed by atoms with Gasteiger partial charge in [0.2, 0.25) is 5.78 Å². The molecule has 19 heavy (non-hydrogen) atoms. The van der Waals surface area contributed by atoms with Crippen LogP contribution in [0.2, 0.25) is 0 Å². The number of hydrogen-bond donors (Lipinski definition) is 1. The molecule has 0 amide bonds. The molecule has 1 saturated carbocycles. The molecule has 2 aliphatic carbocycles. The van der Waals surface area contributed by atoms with Crippen LogP contribution in [0.3, 0.4) is 0 Å². The Kier molecular flexibility index (Phi) is 1.92. The number of ketones is 1. The number of rotatable bonds is 0.